The summed E-state index contributed by atoms with van der Waals surface area (Å²) in [5.41, 5.74) is 1.27. The molecule has 2 atom stereocenters. The Hall–Kier alpha value is -0.610. The van der Waals surface area contributed by atoms with E-state index >= 15 is 0 Å². The maximum atomic E-state index is 4.31. The Kier molecular flexibility index (Phi) is 3.57. The molecule has 2 unspecified atom stereocenters. The number of halogens is 1. The van der Waals surface area contributed by atoms with Crippen molar-refractivity contribution in [3.05, 3.63) is 22.9 Å². The Morgan fingerprint density at radius 1 is 1.39 bits per heavy atom. The molecule has 0 aliphatic carbocycles. The number of hydrogen-bond acceptors (Lipinski definition) is 3. The molecule has 0 bridgehead atoms. The molecule has 3 heterocycles. The molecule has 1 aromatic rings. The lowest BCUT2D eigenvalue weighted by molar-refractivity contribution is 0.194. The molecule has 2 saturated heterocycles. The summed E-state index contributed by atoms with van der Waals surface area (Å²) in [6, 6.07) is 3.59. The third-order valence-corrected chi connectivity index (χ3v) is 4.72. The predicted octanol–water partition coefficient (Wildman–Crippen LogP) is 2.91. The largest absolute Gasteiger partial charge is 0.364 e. The third-order valence-electron chi connectivity index (χ3n) is 4.29. The summed E-state index contributed by atoms with van der Waals surface area (Å²) in [6.45, 7) is 5.97. The number of rotatable bonds is 2. The SMILES string of the molecule is CCC1CN2CCCC2CN1c1cncc(Br)c1. The van der Waals surface area contributed by atoms with Gasteiger partial charge in [-0.25, -0.2) is 0 Å². The van der Waals surface area contributed by atoms with Crippen LogP contribution >= 0.6 is 15.9 Å². The van der Waals surface area contributed by atoms with Crippen LogP contribution in [0.2, 0.25) is 0 Å². The van der Waals surface area contributed by atoms with Crippen molar-refractivity contribution in [2.45, 2.75) is 38.3 Å². The van der Waals surface area contributed by atoms with Gasteiger partial charge in [0, 0.05) is 35.8 Å². The number of pyridine rings is 1. The van der Waals surface area contributed by atoms with E-state index in [1.54, 1.807) is 0 Å². The third kappa shape index (κ3) is 2.28. The average Bonchev–Trinajstić information content (AvgIpc) is 2.84. The maximum Gasteiger partial charge on any atom is 0.0567 e. The summed E-state index contributed by atoms with van der Waals surface area (Å²) in [5, 5.41) is 0. The number of fused-ring (bicyclic) bond motifs is 1. The van der Waals surface area contributed by atoms with Crippen LogP contribution in [-0.4, -0.2) is 41.6 Å². The van der Waals surface area contributed by atoms with Gasteiger partial charge in [-0.05, 0) is 47.8 Å². The highest BCUT2D eigenvalue weighted by Crippen LogP contribution is 2.30. The first-order chi connectivity index (χ1) is 8.78. The van der Waals surface area contributed by atoms with Gasteiger partial charge in [0.25, 0.3) is 0 Å². The first-order valence-electron chi connectivity index (χ1n) is 6.89. The summed E-state index contributed by atoms with van der Waals surface area (Å²) in [6.07, 6.45) is 7.78. The minimum absolute atomic E-state index is 0.635. The Morgan fingerprint density at radius 3 is 3.06 bits per heavy atom. The molecular weight excluding hydrogens is 290 g/mol. The van der Waals surface area contributed by atoms with Crippen molar-refractivity contribution in [1.29, 1.82) is 0 Å². The van der Waals surface area contributed by atoms with Crippen LogP contribution in [0, 0.1) is 0 Å². The molecule has 0 radical (unpaired) electrons. The van der Waals surface area contributed by atoms with Crippen molar-refractivity contribution in [3.8, 4) is 0 Å². The first-order valence-corrected chi connectivity index (χ1v) is 7.68. The van der Waals surface area contributed by atoms with Gasteiger partial charge in [0.15, 0.2) is 0 Å². The van der Waals surface area contributed by atoms with Crippen LogP contribution in [-0.2, 0) is 0 Å². The topological polar surface area (TPSA) is 19.4 Å². The van der Waals surface area contributed by atoms with Gasteiger partial charge in [0.1, 0.15) is 0 Å². The fourth-order valence-corrected chi connectivity index (χ4v) is 3.66. The fourth-order valence-electron chi connectivity index (χ4n) is 3.31. The predicted molar refractivity (Wildman–Crippen MR) is 78.0 cm³/mol. The molecule has 2 fully saturated rings. The van der Waals surface area contributed by atoms with Crippen LogP contribution in [0.1, 0.15) is 26.2 Å². The van der Waals surface area contributed by atoms with Crippen molar-refractivity contribution in [3.63, 3.8) is 0 Å². The zero-order valence-electron chi connectivity index (χ0n) is 10.8. The van der Waals surface area contributed by atoms with Crippen molar-refractivity contribution in [1.82, 2.24) is 9.88 Å². The highest BCUT2D eigenvalue weighted by Gasteiger charge is 2.35. The maximum absolute atomic E-state index is 4.31. The number of hydrogen-bond donors (Lipinski definition) is 0. The molecule has 0 N–H and O–H groups in total. The van der Waals surface area contributed by atoms with Crippen LogP contribution in [0.15, 0.2) is 22.9 Å². The van der Waals surface area contributed by atoms with E-state index in [2.05, 4.69) is 43.7 Å². The minimum atomic E-state index is 0.635. The van der Waals surface area contributed by atoms with E-state index in [1.165, 1.54) is 38.0 Å². The monoisotopic (exact) mass is 309 g/mol. The highest BCUT2D eigenvalue weighted by atomic mass is 79.9. The molecule has 3 rings (SSSR count). The first kappa shape index (κ1) is 12.4. The van der Waals surface area contributed by atoms with E-state index in [1.807, 2.05) is 12.4 Å². The van der Waals surface area contributed by atoms with Crippen LogP contribution < -0.4 is 4.90 Å². The van der Waals surface area contributed by atoms with Crippen LogP contribution in [0.4, 0.5) is 5.69 Å². The number of aromatic nitrogens is 1. The van der Waals surface area contributed by atoms with E-state index in [-0.39, 0.29) is 0 Å². The van der Waals surface area contributed by atoms with Gasteiger partial charge >= 0.3 is 0 Å². The number of piperazine rings is 1. The second-order valence-electron chi connectivity index (χ2n) is 5.37. The zero-order chi connectivity index (χ0) is 12.5. The van der Waals surface area contributed by atoms with E-state index < -0.39 is 0 Å². The average molecular weight is 310 g/mol. The molecular formula is C14H20BrN3. The van der Waals surface area contributed by atoms with E-state index in [4.69, 9.17) is 0 Å². The molecule has 2 aliphatic heterocycles. The van der Waals surface area contributed by atoms with Crippen molar-refractivity contribution in [2.24, 2.45) is 0 Å². The van der Waals surface area contributed by atoms with Gasteiger partial charge in [0.05, 0.1) is 11.9 Å². The zero-order valence-corrected chi connectivity index (χ0v) is 12.4. The summed E-state index contributed by atoms with van der Waals surface area (Å²) >= 11 is 3.53. The van der Waals surface area contributed by atoms with Gasteiger partial charge in [-0.2, -0.15) is 0 Å². The minimum Gasteiger partial charge on any atom is -0.364 e. The van der Waals surface area contributed by atoms with Gasteiger partial charge in [-0.1, -0.05) is 6.92 Å². The lowest BCUT2D eigenvalue weighted by Gasteiger charge is -2.44. The second kappa shape index (κ2) is 5.17. The summed E-state index contributed by atoms with van der Waals surface area (Å²) in [5.74, 6) is 0. The molecule has 98 valence electrons. The molecule has 1 aromatic heterocycles. The molecule has 4 heteroatoms. The van der Waals surface area contributed by atoms with Crippen LogP contribution in [0.3, 0.4) is 0 Å². The quantitative estimate of drug-likeness (QED) is 0.837. The van der Waals surface area contributed by atoms with Gasteiger partial charge in [-0.15, -0.1) is 0 Å². The molecule has 2 aliphatic rings. The van der Waals surface area contributed by atoms with Crippen molar-refractivity contribution in [2.75, 3.05) is 24.5 Å². The Balaban J connectivity index is 1.85. The van der Waals surface area contributed by atoms with E-state index in [0.29, 0.717) is 6.04 Å². The van der Waals surface area contributed by atoms with Gasteiger partial charge in [-0.3, -0.25) is 9.88 Å². The smallest absolute Gasteiger partial charge is 0.0567 e. The summed E-state index contributed by atoms with van der Waals surface area (Å²) < 4.78 is 1.07. The van der Waals surface area contributed by atoms with Crippen LogP contribution in [0.25, 0.3) is 0 Å². The molecule has 0 spiro atoms. The number of nitrogens with zero attached hydrogens (tertiary/aromatic N) is 3. The summed E-state index contributed by atoms with van der Waals surface area (Å²) in [4.78, 5) is 9.55. The standard InChI is InChI=1S/C14H20BrN3/c1-2-12-9-17-5-3-4-13(17)10-18(12)14-6-11(15)7-16-8-14/h6-8,12-13H,2-5,9-10H2,1H3. The molecule has 0 amide bonds. The van der Waals surface area contributed by atoms with Crippen molar-refractivity contribution >= 4 is 21.6 Å². The normalized spacial score (nSPS) is 28.4. The molecule has 0 aromatic carbocycles. The Morgan fingerprint density at radius 2 is 2.28 bits per heavy atom. The fraction of sp³-hybridized carbons (Fsp3) is 0.643. The second-order valence-corrected chi connectivity index (χ2v) is 6.28. The molecule has 0 saturated carbocycles. The lowest BCUT2D eigenvalue weighted by atomic mass is 10.0. The Bertz CT molecular complexity index is 423. The van der Waals surface area contributed by atoms with E-state index in [0.717, 1.165) is 17.1 Å². The summed E-state index contributed by atoms with van der Waals surface area (Å²) in [7, 11) is 0. The van der Waals surface area contributed by atoms with Crippen LogP contribution in [0.5, 0.6) is 0 Å². The van der Waals surface area contributed by atoms with E-state index in [9.17, 15) is 0 Å². The molecule has 18 heavy (non-hydrogen) atoms. The van der Waals surface area contributed by atoms with Gasteiger partial charge in [0.2, 0.25) is 0 Å². The Labute approximate surface area is 117 Å². The molecule has 3 nitrogen and oxygen atoms in total. The number of anilines is 1. The van der Waals surface area contributed by atoms with Crippen molar-refractivity contribution < 1.29 is 0 Å². The highest BCUT2D eigenvalue weighted by molar-refractivity contribution is 9.10. The lowest BCUT2D eigenvalue weighted by Crippen LogP contribution is -2.56. The van der Waals surface area contributed by atoms with Gasteiger partial charge < -0.3 is 4.90 Å².